The third-order valence-corrected chi connectivity index (χ3v) is 3.75. The lowest BCUT2D eigenvalue weighted by molar-refractivity contribution is -0.0395. The summed E-state index contributed by atoms with van der Waals surface area (Å²) < 4.78 is 0. The van der Waals surface area contributed by atoms with Gasteiger partial charge in [0.25, 0.3) is 0 Å². The molecule has 2 unspecified atom stereocenters. The maximum absolute atomic E-state index is 1.61. The first-order valence-electron chi connectivity index (χ1n) is 3.95. The molecule has 44 valence electrons. The van der Waals surface area contributed by atoms with Crippen molar-refractivity contribution in [1.29, 1.82) is 0 Å². The van der Waals surface area contributed by atoms with E-state index in [1.807, 2.05) is 0 Å². The van der Waals surface area contributed by atoms with Crippen LogP contribution in [-0.4, -0.2) is 0 Å². The van der Waals surface area contributed by atoms with Crippen LogP contribution in [0.4, 0.5) is 0 Å². The van der Waals surface area contributed by atoms with E-state index in [4.69, 9.17) is 0 Å². The lowest BCUT2D eigenvalue weighted by atomic mass is 9.52. The molecular formula is C8H12. The second-order valence-electron chi connectivity index (χ2n) is 3.91. The lowest BCUT2D eigenvalue weighted by Gasteiger charge is -2.53. The van der Waals surface area contributed by atoms with Crippen molar-refractivity contribution in [2.75, 3.05) is 0 Å². The molecule has 8 heavy (non-hydrogen) atoms. The van der Waals surface area contributed by atoms with Crippen LogP contribution in [0.15, 0.2) is 0 Å². The second-order valence-corrected chi connectivity index (χ2v) is 3.91. The lowest BCUT2D eigenvalue weighted by Crippen LogP contribution is -2.45. The molecule has 0 heteroatoms. The van der Waals surface area contributed by atoms with E-state index < -0.39 is 0 Å². The van der Waals surface area contributed by atoms with Gasteiger partial charge in [0.1, 0.15) is 0 Å². The average molecular weight is 108 g/mol. The fraction of sp³-hybridized carbons (Fsp3) is 1.00. The van der Waals surface area contributed by atoms with Crippen LogP contribution in [0.5, 0.6) is 0 Å². The van der Waals surface area contributed by atoms with Crippen LogP contribution >= 0.6 is 0 Å². The van der Waals surface area contributed by atoms with Crippen molar-refractivity contribution < 1.29 is 0 Å². The van der Waals surface area contributed by atoms with Gasteiger partial charge >= 0.3 is 0 Å². The molecule has 0 nitrogen and oxygen atoms in total. The molecule has 0 spiro atoms. The predicted octanol–water partition coefficient (Wildman–Crippen LogP) is 2.05. The van der Waals surface area contributed by atoms with Gasteiger partial charge in [0.2, 0.25) is 0 Å². The highest BCUT2D eigenvalue weighted by Gasteiger charge is 2.56. The summed E-state index contributed by atoms with van der Waals surface area (Å²) >= 11 is 0. The highest BCUT2D eigenvalue weighted by molar-refractivity contribution is 5.06. The van der Waals surface area contributed by atoms with Crippen LogP contribution < -0.4 is 0 Å². The van der Waals surface area contributed by atoms with Gasteiger partial charge in [0, 0.05) is 0 Å². The summed E-state index contributed by atoms with van der Waals surface area (Å²) in [7, 11) is 0. The molecule has 0 aromatic carbocycles. The monoisotopic (exact) mass is 108 g/mol. The van der Waals surface area contributed by atoms with E-state index in [2.05, 4.69) is 0 Å². The first-order chi connectivity index (χ1) is 3.95. The quantitative estimate of drug-likeness (QED) is 0.445. The van der Waals surface area contributed by atoms with E-state index in [-0.39, 0.29) is 0 Å². The molecule has 0 N–H and O–H groups in total. The molecule has 3 aliphatic rings. The van der Waals surface area contributed by atoms with E-state index in [9.17, 15) is 0 Å². The summed E-state index contributed by atoms with van der Waals surface area (Å²) in [5, 5.41) is 0. The molecule has 3 fully saturated rings. The Kier molecular flexibility index (Phi) is 0.482. The van der Waals surface area contributed by atoms with Crippen LogP contribution in [0.3, 0.4) is 0 Å². The van der Waals surface area contributed by atoms with Gasteiger partial charge in [-0.1, -0.05) is 0 Å². The third kappa shape index (κ3) is 0.240. The van der Waals surface area contributed by atoms with Gasteiger partial charge in [-0.3, -0.25) is 0 Å². The molecule has 0 bridgehead atoms. The Hall–Kier alpha value is 0. The predicted molar refractivity (Wildman–Crippen MR) is 32.4 cm³/mol. The smallest absolute Gasteiger partial charge is 0.0329 e. The summed E-state index contributed by atoms with van der Waals surface area (Å²) in [6.45, 7) is 0. The molecule has 0 radical (unpaired) electrons. The molecule has 0 aromatic rings. The van der Waals surface area contributed by atoms with E-state index in [0.29, 0.717) is 0 Å². The summed E-state index contributed by atoms with van der Waals surface area (Å²) in [5.74, 6) is 4.93. The van der Waals surface area contributed by atoms with Crippen molar-refractivity contribution in [3.63, 3.8) is 0 Å². The number of hydrogen-bond donors (Lipinski definition) is 0. The highest BCUT2D eigenvalue weighted by atomic mass is 14.6. The zero-order valence-corrected chi connectivity index (χ0v) is 5.14. The summed E-state index contributed by atoms with van der Waals surface area (Å²) in [4.78, 5) is 0. The fourth-order valence-electron chi connectivity index (χ4n) is 3.31. The first-order valence-corrected chi connectivity index (χ1v) is 3.95. The molecule has 0 aromatic heterocycles. The van der Waals surface area contributed by atoms with Crippen LogP contribution in [0.2, 0.25) is 0 Å². The van der Waals surface area contributed by atoms with Crippen molar-refractivity contribution in [2.45, 2.75) is 25.7 Å². The van der Waals surface area contributed by atoms with Crippen molar-refractivity contribution in [3.05, 3.63) is 0 Å². The highest BCUT2D eigenvalue weighted by Crippen LogP contribution is 2.65. The fourth-order valence-corrected chi connectivity index (χ4v) is 3.31. The SMILES string of the molecule is C1CC2CC3CC1C23. The maximum Gasteiger partial charge on any atom is -0.0329 e. The minimum absolute atomic E-state index is 1.22. The Morgan fingerprint density at radius 1 is 0.750 bits per heavy atom. The van der Waals surface area contributed by atoms with Crippen molar-refractivity contribution in [3.8, 4) is 0 Å². The Bertz CT molecular complexity index is 110. The topological polar surface area (TPSA) is 0 Å². The number of hydrogen-bond acceptors (Lipinski definition) is 0. The van der Waals surface area contributed by atoms with Gasteiger partial charge < -0.3 is 0 Å². The van der Waals surface area contributed by atoms with Gasteiger partial charge in [-0.2, -0.15) is 0 Å². The van der Waals surface area contributed by atoms with Gasteiger partial charge in [-0.25, -0.2) is 0 Å². The maximum atomic E-state index is 1.61. The summed E-state index contributed by atoms with van der Waals surface area (Å²) in [5.41, 5.74) is 0. The molecule has 3 aliphatic carbocycles. The minimum Gasteiger partial charge on any atom is -0.0499 e. The van der Waals surface area contributed by atoms with E-state index in [1.54, 1.807) is 25.7 Å². The Labute approximate surface area is 50.3 Å². The molecule has 0 heterocycles. The molecular weight excluding hydrogens is 96.1 g/mol. The van der Waals surface area contributed by atoms with E-state index in [0.717, 1.165) is 0 Å². The second kappa shape index (κ2) is 0.984. The number of rotatable bonds is 0. The molecule has 0 aliphatic heterocycles. The van der Waals surface area contributed by atoms with Crippen LogP contribution in [0, 0.1) is 23.7 Å². The van der Waals surface area contributed by atoms with Crippen LogP contribution in [0.25, 0.3) is 0 Å². The Morgan fingerprint density at radius 3 is 1.75 bits per heavy atom. The molecule has 2 atom stereocenters. The van der Waals surface area contributed by atoms with E-state index >= 15 is 0 Å². The van der Waals surface area contributed by atoms with Gasteiger partial charge in [-0.15, -0.1) is 0 Å². The Balaban J connectivity index is 1.96. The normalized spacial score (nSPS) is 66.0. The van der Waals surface area contributed by atoms with Gasteiger partial charge in [0.15, 0.2) is 0 Å². The molecule has 0 saturated heterocycles. The van der Waals surface area contributed by atoms with Crippen LogP contribution in [0.1, 0.15) is 25.7 Å². The first kappa shape index (κ1) is 3.92. The summed E-state index contributed by atoms with van der Waals surface area (Å²) in [6, 6.07) is 0. The van der Waals surface area contributed by atoms with E-state index in [1.165, 1.54) is 23.7 Å². The minimum atomic E-state index is 1.22. The molecule has 0 amide bonds. The zero-order chi connectivity index (χ0) is 5.14. The van der Waals surface area contributed by atoms with Gasteiger partial charge in [-0.05, 0) is 49.4 Å². The molecule has 3 saturated carbocycles. The van der Waals surface area contributed by atoms with Gasteiger partial charge in [0.05, 0.1) is 0 Å². The van der Waals surface area contributed by atoms with Crippen molar-refractivity contribution >= 4 is 0 Å². The molecule has 3 rings (SSSR count). The largest absolute Gasteiger partial charge is 0.0499 e. The van der Waals surface area contributed by atoms with Crippen LogP contribution in [-0.2, 0) is 0 Å². The Morgan fingerprint density at radius 2 is 1.38 bits per heavy atom. The zero-order valence-electron chi connectivity index (χ0n) is 5.14. The standard InChI is InChI=1S/C8H12/c1-2-6-4-7-3-5(1)8(6)7/h5-8H,1-4H2. The summed E-state index contributed by atoms with van der Waals surface area (Å²) in [6.07, 6.45) is 6.40. The van der Waals surface area contributed by atoms with Crippen molar-refractivity contribution in [2.24, 2.45) is 23.7 Å². The third-order valence-electron chi connectivity index (χ3n) is 3.75. The average Bonchev–Trinajstić information content (AvgIpc) is 2.02. The van der Waals surface area contributed by atoms with Crippen molar-refractivity contribution in [1.82, 2.24) is 0 Å².